The maximum atomic E-state index is 1.50. The molecule has 1 nitrogen and oxygen atoms in total. The van der Waals surface area contributed by atoms with Crippen LogP contribution in [0.25, 0.3) is 0 Å². The summed E-state index contributed by atoms with van der Waals surface area (Å²) in [6, 6.07) is 0. The predicted molar refractivity (Wildman–Crippen MR) is 28.1 cm³/mol. The molecule has 0 heterocycles. The average Bonchev–Trinajstić information content (AvgIpc) is 1.76. The van der Waals surface area contributed by atoms with E-state index in [1.165, 1.54) is 32.1 Å². The highest BCUT2D eigenvalue weighted by molar-refractivity contribution is 4.51. The van der Waals surface area contributed by atoms with E-state index in [1.807, 2.05) is 0 Å². The van der Waals surface area contributed by atoms with E-state index in [-0.39, 0.29) is 6.15 Å². The highest BCUT2D eigenvalue weighted by atomic mass is 14.0. The quantitative estimate of drug-likeness (QED) is 0.482. The molecule has 0 saturated heterocycles. The Morgan fingerprint density at radius 3 is 0.833 bits per heavy atom. The molecule has 0 bridgehead atoms. The zero-order valence-corrected chi connectivity index (χ0v) is 4.24. The van der Waals surface area contributed by atoms with Gasteiger partial charge in [0, 0.05) is 0 Å². The predicted octanol–water partition coefficient (Wildman–Crippen LogP) is 2.11. The summed E-state index contributed by atoms with van der Waals surface area (Å²) in [6.45, 7) is 0. The van der Waals surface area contributed by atoms with Gasteiger partial charge < -0.3 is 6.15 Å². The van der Waals surface area contributed by atoms with Crippen LogP contribution in [0.5, 0.6) is 0 Å². The van der Waals surface area contributed by atoms with Gasteiger partial charge in [0.15, 0.2) is 0 Å². The van der Waals surface area contributed by atoms with Gasteiger partial charge in [-0.1, -0.05) is 32.1 Å². The first-order chi connectivity index (χ1) is 2.50. The molecule has 0 radical (unpaired) electrons. The second-order valence-electron chi connectivity index (χ2n) is 1.77. The molecule has 1 saturated carbocycles. The van der Waals surface area contributed by atoms with Crippen molar-refractivity contribution in [3.63, 3.8) is 0 Å². The molecule has 0 atom stereocenters. The highest BCUT2D eigenvalue weighted by Crippen LogP contribution is 2.15. The molecule has 0 aromatic carbocycles. The third kappa shape index (κ3) is 1.41. The van der Waals surface area contributed by atoms with Crippen molar-refractivity contribution in [2.75, 3.05) is 0 Å². The van der Waals surface area contributed by atoms with Crippen LogP contribution in [-0.2, 0) is 0 Å². The number of hydrogen-bond acceptors (Lipinski definition) is 1. The van der Waals surface area contributed by atoms with Gasteiger partial charge in [-0.05, 0) is 0 Å². The minimum atomic E-state index is 0. The van der Waals surface area contributed by atoms with Crippen LogP contribution in [0, 0.1) is 0 Å². The van der Waals surface area contributed by atoms with Crippen molar-refractivity contribution in [1.29, 1.82) is 0 Å². The van der Waals surface area contributed by atoms with Gasteiger partial charge >= 0.3 is 0 Å². The molecular formula is C5H13N. The summed E-state index contributed by atoms with van der Waals surface area (Å²) in [4.78, 5) is 0. The summed E-state index contributed by atoms with van der Waals surface area (Å²) in [7, 11) is 0. The van der Waals surface area contributed by atoms with Crippen molar-refractivity contribution in [3.05, 3.63) is 0 Å². The smallest absolute Gasteiger partial charge is 0.0533 e. The molecule has 1 rings (SSSR count). The fourth-order valence-corrected chi connectivity index (χ4v) is 0.884. The van der Waals surface area contributed by atoms with Crippen LogP contribution < -0.4 is 6.15 Å². The van der Waals surface area contributed by atoms with E-state index in [9.17, 15) is 0 Å². The van der Waals surface area contributed by atoms with Crippen molar-refractivity contribution in [2.24, 2.45) is 0 Å². The molecule has 0 aromatic heterocycles. The van der Waals surface area contributed by atoms with Crippen LogP contribution in [0.1, 0.15) is 32.1 Å². The SMILES string of the molecule is C1CCCC1.N. The molecule has 6 heavy (non-hydrogen) atoms. The molecule has 1 aliphatic rings. The fourth-order valence-electron chi connectivity index (χ4n) is 0.884. The second kappa shape index (κ2) is 3.16. The Kier molecular flexibility index (Phi) is 3.14. The lowest BCUT2D eigenvalue weighted by molar-refractivity contribution is 0.886. The van der Waals surface area contributed by atoms with Gasteiger partial charge in [0.1, 0.15) is 0 Å². The van der Waals surface area contributed by atoms with Crippen molar-refractivity contribution in [1.82, 2.24) is 6.15 Å². The first kappa shape index (κ1) is 5.96. The van der Waals surface area contributed by atoms with E-state index in [0.29, 0.717) is 0 Å². The van der Waals surface area contributed by atoms with Crippen molar-refractivity contribution in [3.8, 4) is 0 Å². The summed E-state index contributed by atoms with van der Waals surface area (Å²) >= 11 is 0. The Morgan fingerprint density at radius 1 is 0.500 bits per heavy atom. The molecule has 0 aliphatic heterocycles. The first-order valence-electron chi connectivity index (χ1n) is 2.50. The van der Waals surface area contributed by atoms with Crippen molar-refractivity contribution in [2.45, 2.75) is 32.1 Å². The van der Waals surface area contributed by atoms with Crippen molar-refractivity contribution < 1.29 is 0 Å². The highest BCUT2D eigenvalue weighted by Gasteiger charge is 1.95. The zero-order chi connectivity index (χ0) is 3.54. The Labute approximate surface area is 39.3 Å². The van der Waals surface area contributed by atoms with Gasteiger partial charge in [-0.25, -0.2) is 0 Å². The second-order valence-corrected chi connectivity index (χ2v) is 1.77. The van der Waals surface area contributed by atoms with Gasteiger partial charge in [0.25, 0.3) is 0 Å². The summed E-state index contributed by atoms with van der Waals surface area (Å²) < 4.78 is 0. The average molecular weight is 87.2 g/mol. The minimum Gasteiger partial charge on any atom is -0.344 e. The Morgan fingerprint density at radius 2 is 0.667 bits per heavy atom. The fraction of sp³-hybridized carbons (Fsp3) is 1.00. The summed E-state index contributed by atoms with van der Waals surface area (Å²) in [5, 5.41) is 0. The maximum absolute atomic E-state index is 1.50. The van der Waals surface area contributed by atoms with Gasteiger partial charge in [0.2, 0.25) is 0 Å². The molecule has 0 unspecified atom stereocenters. The number of hydrogen-bond donors (Lipinski definition) is 1. The summed E-state index contributed by atoms with van der Waals surface area (Å²) in [5.41, 5.74) is 0. The van der Waals surface area contributed by atoms with Crippen LogP contribution in [0.2, 0.25) is 0 Å². The summed E-state index contributed by atoms with van der Waals surface area (Å²) in [5.74, 6) is 0. The Bertz CT molecular complexity index is 15.5. The molecule has 0 amide bonds. The standard InChI is InChI=1S/C5H10.H3N/c1-2-4-5-3-1;/h1-5H2;1H3. The van der Waals surface area contributed by atoms with E-state index >= 15 is 0 Å². The minimum absolute atomic E-state index is 0. The molecule has 1 aliphatic carbocycles. The molecule has 1 fully saturated rings. The van der Waals surface area contributed by atoms with Gasteiger partial charge in [-0.2, -0.15) is 0 Å². The third-order valence-corrected chi connectivity index (χ3v) is 1.25. The molecule has 0 aromatic rings. The van der Waals surface area contributed by atoms with E-state index < -0.39 is 0 Å². The zero-order valence-electron chi connectivity index (χ0n) is 4.24. The first-order valence-corrected chi connectivity index (χ1v) is 2.50. The topological polar surface area (TPSA) is 35.0 Å². The van der Waals surface area contributed by atoms with Crippen molar-refractivity contribution >= 4 is 0 Å². The largest absolute Gasteiger partial charge is 0.344 e. The molecule has 0 spiro atoms. The lowest BCUT2D eigenvalue weighted by atomic mass is 10.4. The van der Waals surface area contributed by atoms with E-state index in [1.54, 1.807) is 0 Å². The molecule has 1 heteroatoms. The van der Waals surface area contributed by atoms with Crippen LogP contribution in [0.15, 0.2) is 0 Å². The molecular weight excluding hydrogens is 74.1 g/mol. The van der Waals surface area contributed by atoms with E-state index in [2.05, 4.69) is 0 Å². The lowest BCUT2D eigenvalue weighted by Gasteiger charge is -1.67. The van der Waals surface area contributed by atoms with Gasteiger partial charge in [0.05, 0.1) is 0 Å². The van der Waals surface area contributed by atoms with Crippen LogP contribution in [-0.4, -0.2) is 0 Å². The summed E-state index contributed by atoms with van der Waals surface area (Å²) in [6.07, 6.45) is 7.50. The lowest BCUT2D eigenvalue weighted by Crippen LogP contribution is -1.47. The van der Waals surface area contributed by atoms with E-state index in [0.717, 1.165) is 0 Å². The van der Waals surface area contributed by atoms with Crippen LogP contribution in [0.3, 0.4) is 0 Å². The van der Waals surface area contributed by atoms with Gasteiger partial charge in [-0.15, -0.1) is 0 Å². The number of rotatable bonds is 0. The van der Waals surface area contributed by atoms with Crippen LogP contribution >= 0.6 is 0 Å². The molecule has 3 N–H and O–H groups in total. The Hall–Kier alpha value is -0.0400. The maximum Gasteiger partial charge on any atom is -0.0533 e. The monoisotopic (exact) mass is 87.1 g/mol. The normalized spacial score (nSPS) is 20.0. The van der Waals surface area contributed by atoms with Crippen LogP contribution in [0.4, 0.5) is 0 Å². The third-order valence-electron chi connectivity index (χ3n) is 1.25. The molecule has 38 valence electrons. The Balaban J connectivity index is 0.000000250. The van der Waals surface area contributed by atoms with Gasteiger partial charge in [-0.3, -0.25) is 0 Å². The van der Waals surface area contributed by atoms with E-state index in [4.69, 9.17) is 0 Å².